The summed E-state index contributed by atoms with van der Waals surface area (Å²) in [5.41, 5.74) is 2.98. The number of nitrogens with one attached hydrogen (secondary N) is 1. The van der Waals surface area contributed by atoms with Crippen LogP contribution >= 0.6 is 0 Å². The molecule has 0 saturated heterocycles. The minimum atomic E-state index is -0.264. The van der Waals surface area contributed by atoms with Crippen LogP contribution in [0, 0.1) is 5.82 Å². The predicted molar refractivity (Wildman–Crippen MR) is 65.8 cm³/mol. The average molecular weight is 246 g/mol. The maximum absolute atomic E-state index is 13.1. The van der Waals surface area contributed by atoms with Crippen LogP contribution < -0.4 is 0 Å². The normalized spacial score (nSPS) is 18.7. The number of aliphatic hydroxyl groups is 1. The molecule has 3 rings (SSSR count). The first-order chi connectivity index (χ1) is 8.70. The number of imidazole rings is 1. The van der Waals surface area contributed by atoms with Gasteiger partial charge < -0.3 is 10.1 Å². The van der Waals surface area contributed by atoms with Crippen molar-refractivity contribution in [1.82, 2.24) is 9.97 Å². The molecule has 0 bridgehead atoms. The highest BCUT2D eigenvalue weighted by molar-refractivity contribution is 5.24. The Balaban J connectivity index is 1.82. The number of benzene rings is 1. The third-order valence-electron chi connectivity index (χ3n) is 3.33. The van der Waals surface area contributed by atoms with Gasteiger partial charge in [0, 0.05) is 18.5 Å². The smallest absolute Gasteiger partial charge is 0.123 e. The summed E-state index contributed by atoms with van der Waals surface area (Å²) < 4.78 is 13.1. The van der Waals surface area contributed by atoms with E-state index >= 15 is 0 Å². The van der Waals surface area contributed by atoms with Crippen molar-refractivity contribution in [3.63, 3.8) is 0 Å². The zero-order valence-corrected chi connectivity index (χ0v) is 9.99. The van der Waals surface area contributed by atoms with Crippen molar-refractivity contribution in [3.05, 3.63) is 52.9 Å². The Bertz CT molecular complexity index is 565. The van der Waals surface area contributed by atoms with Gasteiger partial charge in [-0.25, -0.2) is 9.37 Å². The number of H-pyrrole nitrogens is 1. The Labute approximate surface area is 105 Å². The second-order valence-electron chi connectivity index (χ2n) is 4.81. The van der Waals surface area contributed by atoms with E-state index in [1.807, 2.05) is 6.07 Å². The molecular weight excluding hydrogens is 231 g/mol. The molecule has 2 N–H and O–H groups in total. The van der Waals surface area contributed by atoms with Gasteiger partial charge in [0.1, 0.15) is 11.6 Å². The highest BCUT2D eigenvalue weighted by Gasteiger charge is 2.20. The van der Waals surface area contributed by atoms with Gasteiger partial charge in [0.15, 0.2) is 0 Å². The van der Waals surface area contributed by atoms with E-state index in [-0.39, 0.29) is 11.9 Å². The van der Waals surface area contributed by atoms with Crippen molar-refractivity contribution in [2.24, 2.45) is 0 Å². The average Bonchev–Trinajstić information content (AvgIpc) is 2.70. The van der Waals surface area contributed by atoms with E-state index in [0.717, 1.165) is 35.6 Å². The standard InChI is InChI=1S/C14H15FN2O/c15-10-3-1-2-9(6-10)7-14-16-12-5-4-11(18)8-13(12)17-14/h1-3,6,11,18H,4-5,7-8H2,(H,16,17). The monoisotopic (exact) mass is 246 g/mol. The van der Waals surface area contributed by atoms with Crippen molar-refractivity contribution in [2.75, 3.05) is 0 Å². The Hall–Kier alpha value is -1.68. The van der Waals surface area contributed by atoms with Gasteiger partial charge in [0.05, 0.1) is 11.8 Å². The van der Waals surface area contributed by atoms with Crippen LogP contribution in [0.5, 0.6) is 0 Å². The van der Waals surface area contributed by atoms with Gasteiger partial charge in [-0.1, -0.05) is 12.1 Å². The molecule has 1 heterocycles. The highest BCUT2D eigenvalue weighted by atomic mass is 19.1. The van der Waals surface area contributed by atoms with E-state index in [1.54, 1.807) is 6.07 Å². The van der Waals surface area contributed by atoms with Gasteiger partial charge >= 0.3 is 0 Å². The zero-order chi connectivity index (χ0) is 12.5. The van der Waals surface area contributed by atoms with Crippen LogP contribution in [-0.4, -0.2) is 21.2 Å². The molecule has 1 aromatic heterocycles. The molecule has 18 heavy (non-hydrogen) atoms. The Morgan fingerprint density at radius 3 is 3.17 bits per heavy atom. The molecular formula is C14H15FN2O. The minimum absolute atomic E-state index is 0.223. The number of aromatic amines is 1. The van der Waals surface area contributed by atoms with Crippen LogP contribution in [0.25, 0.3) is 0 Å². The summed E-state index contributed by atoms with van der Waals surface area (Å²) in [4.78, 5) is 7.76. The minimum Gasteiger partial charge on any atom is -0.393 e. The van der Waals surface area contributed by atoms with E-state index in [9.17, 15) is 9.50 Å². The molecule has 0 amide bonds. The maximum atomic E-state index is 13.1. The topological polar surface area (TPSA) is 48.9 Å². The Morgan fingerprint density at radius 1 is 1.44 bits per heavy atom. The van der Waals surface area contributed by atoms with Gasteiger partial charge in [-0.2, -0.15) is 0 Å². The number of nitrogens with zero attached hydrogens (tertiary/aromatic N) is 1. The lowest BCUT2D eigenvalue weighted by Crippen LogP contribution is -2.18. The van der Waals surface area contributed by atoms with Crippen molar-refractivity contribution in [3.8, 4) is 0 Å². The van der Waals surface area contributed by atoms with Crippen LogP contribution in [0.4, 0.5) is 4.39 Å². The molecule has 1 aliphatic rings. The highest BCUT2D eigenvalue weighted by Crippen LogP contribution is 2.20. The summed E-state index contributed by atoms with van der Waals surface area (Å²) >= 11 is 0. The SMILES string of the molecule is OC1CCc2nc(Cc3cccc(F)c3)[nH]c2C1. The number of aliphatic hydroxyl groups excluding tert-OH is 1. The van der Waals surface area contributed by atoms with Crippen molar-refractivity contribution in [2.45, 2.75) is 31.8 Å². The summed E-state index contributed by atoms with van der Waals surface area (Å²) in [5.74, 6) is 0.624. The third-order valence-corrected chi connectivity index (χ3v) is 3.33. The second kappa shape index (κ2) is 4.53. The zero-order valence-electron chi connectivity index (χ0n) is 9.99. The number of halogens is 1. The Kier molecular flexibility index (Phi) is 2.88. The van der Waals surface area contributed by atoms with Crippen LogP contribution in [-0.2, 0) is 19.3 Å². The first-order valence-electron chi connectivity index (χ1n) is 6.20. The number of hydrogen-bond donors (Lipinski definition) is 2. The molecule has 0 saturated carbocycles. The summed E-state index contributed by atoms with van der Waals surface area (Å²) in [5, 5.41) is 9.59. The first-order valence-corrected chi connectivity index (χ1v) is 6.20. The van der Waals surface area contributed by atoms with Crippen LogP contribution in [0.15, 0.2) is 24.3 Å². The first kappa shape index (κ1) is 11.4. The summed E-state index contributed by atoms with van der Waals surface area (Å²) in [6.07, 6.45) is 2.57. The Morgan fingerprint density at radius 2 is 2.33 bits per heavy atom. The summed E-state index contributed by atoms with van der Waals surface area (Å²) in [6, 6.07) is 6.56. The van der Waals surface area contributed by atoms with E-state index in [2.05, 4.69) is 9.97 Å². The molecule has 1 unspecified atom stereocenters. The summed E-state index contributed by atoms with van der Waals surface area (Å²) in [6.45, 7) is 0. The van der Waals surface area contributed by atoms with E-state index in [0.29, 0.717) is 12.8 Å². The molecule has 0 aliphatic heterocycles. The molecule has 3 nitrogen and oxygen atoms in total. The predicted octanol–water partition coefficient (Wildman–Crippen LogP) is 1.99. The van der Waals surface area contributed by atoms with Crippen LogP contribution in [0.3, 0.4) is 0 Å². The van der Waals surface area contributed by atoms with Gasteiger partial charge in [-0.15, -0.1) is 0 Å². The number of hydrogen-bond acceptors (Lipinski definition) is 2. The largest absolute Gasteiger partial charge is 0.393 e. The molecule has 1 aromatic carbocycles. The van der Waals surface area contributed by atoms with E-state index in [4.69, 9.17) is 0 Å². The van der Waals surface area contributed by atoms with Gasteiger partial charge in [-0.3, -0.25) is 0 Å². The molecule has 1 aliphatic carbocycles. The van der Waals surface area contributed by atoms with Crippen molar-refractivity contribution >= 4 is 0 Å². The number of aryl methyl sites for hydroxylation is 1. The molecule has 94 valence electrons. The fourth-order valence-electron chi connectivity index (χ4n) is 2.45. The lowest BCUT2D eigenvalue weighted by Gasteiger charge is -2.14. The number of aromatic nitrogens is 2. The lowest BCUT2D eigenvalue weighted by molar-refractivity contribution is 0.157. The third kappa shape index (κ3) is 2.29. The second-order valence-corrected chi connectivity index (χ2v) is 4.81. The molecule has 0 radical (unpaired) electrons. The number of fused-ring (bicyclic) bond motifs is 1. The molecule has 0 spiro atoms. The van der Waals surface area contributed by atoms with Crippen molar-refractivity contribution < 1.29 is 9.50 Å². The van der Waals surface area contributed by atoms with Crippen LogP contribution in [0.1, 0.15) is 29.2 Å². The number of rotatable bonds is 2. The quantitative estimate of drug-likeness (QED) is 0.851. The fourth-order valence-corrected chi connectivity index (χ4v) is 2.45. The van der Waals surface area contributed by atoms with E-state index in [1.165, 1.54) is 12.1 Å². The molecule has 1 atom stereocenters. The fraction of sp³-hybridized carbons (Fsp3) is 0.357. The molecule has 4 heteroatoms. The van der Waals surface area contributed by atoms with E-state index < -0.39 is 0 Å². The lowest BCUT2D eigenvalue weighted by atomic mass is 9.99. The van der Waals surface area contributed by atoms with Crippen molar-refractivity contribution in [1.29, 1.82) is 0 Å². The molecule has 2 aromatic rings. The van der Waals surface area contributed by atoms with Gasteiger partial charge in [-0.05, 0) is 30.5 Å². The summed E-state index contributed by atoms with van der Waals surface area (Å²) in [7, 11) is 0. The van der Waals surface area contributed by atoms with Gasteiger partial charge in [0.25, 0.3) is 0 Å². The maximum Gasteiger partial charge on any atom is 0.123 e. The van der Waals surface area contributed by atoms with Crippen LogP contribution in [0.2, 0.25) is 0 Å². The molecule has 0 fully saturated rings. The van der Waals surface area contributed by atoms with Gasteiger partial charge in [0.2, 0.25) is 0 Å².